The smallest absolute Gasteiger partial charge is 0.251 e. The molecule has 1 aliphatic rings. The molecule has 1 fully saturated rings. The number of carbonyl (C=O) groups is 2. The lowest BCUT2D eigenvalue weighted by Crippen LogP contribution is -2.51. The Labute approximate surface area is 203 Å². The highest BCUT2D eigenvalue weighted by atomic mass is 19.1. The van der Waals surface area contributed by atoms with Gasteiger partial charge in [-0.3, -0.25) is 14.5 Å². The summed E-state index contributed by atoms with van der Waals surface area (Å²) in [4.78, 5) is 29.0. The van der Waals surface area contributed by atoms with Crippen LogP contribution in [0.5, 0.6) is 5.75 Å². The van der Waals surface area contributed by atoms with E-state index in [1.54, 1.807) is 38.3 Å². The van der Waals surface area contributed by atoms with Crippen molar-refractivity contribution in [2.75, 3.05) is 12.0 Å². The summed E-state index contributed by atoms with van der Waals surface area (Å²) in [6.07, 6.45) is 5.19. The van der Waals surface area contributed by atoms with Crippen molar-refractivity contribution in [3.8, 4) is 17.1 Å². The number of nitrogens with one attached hydrogen (secondary N) is 1. The van der Waals surface area contributed by atoms with E-state index in [9.17, 15) is 14.0 Å². The zero-order valence-electron chi connectivity index (χ0n) is 19.9. The molecule has 184 valence electrons. The van der Waals surface area contributed by atoms with Crippen LogP contribution >= 0.6 is 0 Å². The molecule has 1 N–H and O–H groups in total. The highest BCUT2D eigenvalue weighted by molar-refractivity contribution is 6.00. The van der Waals surface area contributed by atoms with Crippen molar-refractivity contribution in [3.05, 3.63) is 54.3 Å². The summed E-state index contributed by atoms with van der Waals surface area (Å²) in [6.45, 7) is 1.43. The van der Waals surface area contributed by atoms with Gasteiger partial charge in [-0.15, -0.1) is 10.2 Å². The number of ether oxygens (including phenoxy) is 1. The van der Waals surface area contributed by atoms with E-state index < -0.39 is 17.8 Å². The molecule has 0 spiro atoms. The van der Waals surface area contributed by atoms with Crippen LogP contribution < -0.4 is 15.0 Å². The minimum Gasteiger partial charge on any atom is -0.497 e. The second-order valence-corrected chi connectivity index (χ2v) is 8.63. The molecule has 1 heterocycles. The van der Waals surface area contributed by atoms with Gasteiger partial charge >= 0.3 is 0 Å². The van der Waals surface area contributed by atoms with Crippen molar-refractivity contribution in [2.45, 2.75) is 57.7 Å². The molecule has 3 aromatic rings. The molecule has 2 aromatic carbocycles. The lowest BCUT2D eigenvalue weighted by atomic mass is 9.95. The number of nitrogens with zero attached hydrogens (tertiary/aromatic N) is 5. The average Bonchev–Trinajstić information content (AvgIpc) is 3.34. The van der Waals surface area contributed by atoms with Crippen LogP contribution in [0.25, 0.3) is 11.4 Å². The number of methoxy groups -OCH3 is 1. The minimum atomic E-state index is -0.806. The molecular formula is C25H29FN6O3. The molecule has 1 aromatic heterocycles. The topological polar surface area (TPSA) is 102 Å². The second kappa shape index (κ2) is 11.1. The summed E-state index contributed by atoms with van der Waals surface area (Å²) in [5, 5.41) is 15.4. The maximum Gasteiger partial charge on any atom is 0.251 e. The molecule has 1 aliphatic carbocycles. The van der Waals surface area contributed by atoms with Crippen LogP contribution in [0.4, 0.5) is 10.1 Å². The van der Waals surface area contributed by atoms with E-state index in [0.29, 0.717) is 17.3 Å². The number of rotatable bonds is 8. The van der Waals surface area contributed by atoms with Gasteiger partial charge in [0, 0.05) is 17.3 Å². The second-order valence-electron chi connectivity index (χ2n) is 8.63. The summed E-state index contributed by atoms with van der Waals surface area (Å²) >= 11 is 0. The molecule has 1 unspecified atom stereocenters. The Balaban J connectivity index is 1.51. The van der Waals surface area contributed by atoms with Crippen LogP contribution in [0.2, 0.25) is 0 Å². The number of carbonyl (C=O) groups excluding carboxylic acids is 2. The maximum absolute atomic E-state index is 13.6. The van der Waals surface area contributed by atoms with E-state index in [4.69, 9.17) is 4.74 Å². The molecule has 35 heavy (non-hydrogen) atoms. The Hall–Kier alpha value is -3.82. The van der Waals surface area contributed by atoms with Gasteiger partial charge in [0.25, 0.3) is 5.91 Å². The van der Waals surface area contributed by atoms with Gasteiger partial charge < -0.3 is 10.1 Å². The van der Waals surface area contributed by atoms with E-state index in [-0.39, 0.29) is 18.5 Å². The Bertz CT molecular complexity index is 1140. The minimum absolute atomic E-state index is 0.105. The largest absolute Gasteiger partial charge is 0.497 e. The third-order valence-electron chi connectivity index (χ3n) is 6.17. The van der Waals surface area contributed by atoms with Crippen LogP contribution in [0.3, 0.4) is 0 Å². The number of anilines is 1. The molecule has 10 heteroatoms. The van der Waals surface area contributed by atoms with Crippen molar-refractivity contribution in [1.82, 2.24) is 25.5 Å². The van der Waals surface area contributed by atoms with Crippen LogP contribution in [-0.4, -0.2) is 51.2 Å². The molecular weight excluding hydrogens is 451 g/mol. The van der Waals surface area contributed by atoms with Crippen molar-refractivity contribution < 1.29 is 18.7 Å². The molecule has 0 aliphatic heterocycles. The number of benzene rings is 2. The first-order chi connectivity index (χ1) is 16.9. The molecule has 9 nitrogen and oxygen atoms in total. The third-order valence-corrected chi connectivity index (χ3v) is 6.17. The molecule has 0 bridgehead atoms. The Kier molecular flexibility index (Phi) is 7.69. The van der Waals surface area contributed by atoms with Gasteiger partial charge in [-0.05, 0) is 73.5 Å². The quantitative estimate of drug-likeness (QED) is 0.531. The first-order valence-electron chi connectivity index (χ1n) is 11.7. The van der Waals surface area contributed by atoms with Crippen molar-refractivity contribution in [3.63, 3.8) is 0 Å². The van der Waals surface area contributed by atoms with E-state index in [1.165, 1.54) is 40.4 Å². The fourth-order valence-corrected chi connectivity index (χ4v) is 4.23. The Morgan fingerprint density at radius 2 is 1.80 bits per heavy atom. The van der Waals surface area contributed by atoms with Gasteiger partial charge in [-0.1, -0.05) is 19.3 Å². The number of tetrazole rings is 1. The summed E-state index contributed by atoms with van der Waals surface area (Å²) in [6, 6.07) is 11.9. The molecule has 2 amide bonds. The monoisotopic (exact) mass is 480 g/mol. The first kappa shape index (κ1) is 24.3. The van der Waals surface area contributed by atoms with Gasteiger partial charge in [0.2, 0.25) is 11.7 Å². The number of halogens is 1. The molecule has 1 saturated carbocycles. The number of aromatic nitrogens is 4. The van der Waals surface area contributed by atoms with Gasteiger partial charge in [0.05, 0.1) is 7.11 Å². The third kappa shape index (κ3) is 6.00. The number of hydrogen-bond donors (Lipinski definition) is 1. The normalized spacial score (nSPS) is 14.8. The highest BCUT2D eigenvalue weighted by Gasteiger charge is 2.30. The van der Waals surface area contributed by atoms with Crippen LogP contribution in [0.1, 0.15) is 39.0 Å². The summed E-state index contributed by atoms with van der Waals surface area (Å²) in [5.74, 6) is -0.0345. The van der Waals surface area contributed by atoms with E-state index in [1.807, 2.05) is 0 Å². The predicted molar refractivity (Wildman–Crippen MR) is 128 cm³/mol. The van der Waals surface area contributed by atoms with Crippen LogP contribution in [-0.2, 0) is 16.1 Å². The van der Waals surface area contributed by atoms with Crippen molar-refractivity contribution >= 4 is 17.5 Å². The van der Waals surface area contributed by atoms with Gasteiger partial charge in [-0.2, -0.15) is 4.80 Å². The van der Waals surface area contributed by atoms with Crippen LogP contribution in [0.15, 0.2) is 48.5 Å². The molecule has 0 radical (unpaired) electrons. The molecule has 4 rings (SSSR count). The Morgan fingerprint density at radius 3 is 2.46 bits per heavy atom. The highest BCUT2D eigenvalue weighted by Crippen LogP contribution is 2.22. The van der Waals surface area contributed by atoms with Crippen molar-refractivity contribution in [2.24, 2.45) is 0 Å². The molecule has 1 atom stereocenters. The SMILES string of the molecule is COc1ccc(-c2nnn(CC(=O)N(c3ccc(F)cc3)C(C)C(=O)NC3CCCCC3)n2)cc1. The summed E-state index contributed by atoms with van der Waals surface area (Å²) < 4.78 is 18.7. The van der Waals surface area contributed by atoms with Gasteiger partial charge in [-0.25, -0.2) is 4.39 Å². The maximum atomic E-state index is 13.6. The van der Waals surface area contributed by atoms with E-state index in [0.717, 1.165) is 31.2 Å². The average molecular weight is 481 g/mol. The van der Waals surface area contributed by atoms with E-state index >= 15 is 0 Å². The first-order valence-corrected chi connectivity index (χ1v) is 11.7. The lowest BCUT2D eigenvalue weighted by Gasteiger charge is -2.31. The lowest BCUT2D eigenvalue weighted by molar-refractivity contribution is -0.127. The number of amides is 2. The van der Waals surface area contributed by atoms with Gasteiger partial charge in [0.1, 0.15) is 24.2 Å². The van der Waals surface area contributed by atoms with E-state index in [2.05, 4.69) is 20.7 Å². The Morgan fingerprint density at radius 1 is 1.11 bits per heavy atom. The fraction of sp³-hybridized carbons (Fsp3) is 0.400. The number of hydrogen-bond acceptors (Lipinski definition) is 6. The predicted octanol–water partition coefficient (Wildman–Crippen LogP) is 3.36. The molecule has 0 saturated heterocycles. The fourth-order valence-electron chi connectivity index (χ4n) is 4.23. The van der Waals surface area contributed by atoms with Gasteiger partial charge in [0.15, 0.2) is 0 Å². The zero-order valence-corrected chi connectivity index (χ0v) is 19.9. The summed E-state index contributed by atoms with van der Waals surface area (Å²) in [5.41, 5.74) is 1.14. The van der Waals surface area contributed by atoms with Crippen molar-refractivity contribution in [1.29, 1.82) is 0 Å². The zero-order chi connectivity index (χ0) is 24.8. The van der Waals surface area contributed by atoms with Crippen LogP contribution in [0, 0.1) is 5.82 Å². The summed E-state index contributed by atoms with van der Waals surface area (Å²) in [7, 11) is 1.58. The standard InChI is InChI=1S/C25H29FN6O3/c1-17(25(34)27-20-6-4-3-5-7-20)32(21-12-10-19(26)11-13-21)23(33)16-31-29-24(28-30-31)18-8-14-22(35-2)15-9-18/h8-15,17,20H,3-7,16H2,1-2H3,(H,27,34).